The number of ether oxygens (including phenoxy) is 1. The molecule has 0 radical (unpaired) electrons. The van der Waals surface area contributed by atoms with Crippen molar-refractivity contribution in [3.63, 3.8) is 0 Å². The van der Waals surface area contributed by atoms with E-state index in [1.165, 1.54) is 366 Å². The van der Waals surface area contributed by atoms with Crippen LogP contribution in [-0.2, 0) is 14.3 Å². The van der Waals surface area contributed by atoms with Crippen molar-refractivity contribution in [2.45, 2.75) is 443 Å². The molecule has 2 unspecified atom stereocenters. The van der Waals surface area contributed by atoms with Crippen LogP contribution in [0.4, 0.5) is 0 Å². The molecule has 0 heterocycles. The SMILES string of the molecule is CCCCCCCCCCCCCCCCCCC/C=C/C(O)C(CO)NC(=O)CCCCCCCCCCCCCCCC/C=C\CCCCCCCCCCCCCCOC(=O)CCCCCCCCCCCCCCCCCCC. The molecule has 0 aliphatic heterocycles. The van der Waals surface area contributed by atoms with Gasteiger partial charge in [-0.2, -0.15) is 0 Å². The Labute approximate surface area is 520 Å². The molecule has 492 valence electrons. The number of allylic oxidation sites excluding steroid dienone is 3. The summed E-state index contributed by atoms with van der Waals surface area (Å²) in [5.74, 6) is -0.0407. The summed E-state index contributed by atoms with van der Waals surface area (Å²) in [6.07, 6.45) is 92.8. The summed E-state index contributed by atoms with van der Waals surface area (Å²) >= 11 is 0. The van der Waals surface area contributed by atoms with Gasteiger partial charge in [0, 0.05) is 12.8 Å². The van der Waals surface area contributed by atoms with E-state index in [0.29, 0.717) is 19.4 Å². The fourth-order valence-corrected chi connectivity index (χ4v) is 12.2. The van der Waals surface area contributed by atoms with Crippen molar-refractivity contribution in [2.24, 2.45) is 0 Å². The van der Waals surface area contributed by atoms with Crippen LogP contribution in [0.3, 0.4) is 0 Å². The van der Waals surface area contributed by atoms with Gasteiger partial charge in [0.05, 0.1) is 25.4 Å². The molecule has 0 bridgehead atoms. The van der Waals surface area contributed by atoms with E-state index in [4.69, 9.17) is 4.74 Å². The number of rotatable bonds is 72. The highest BCUT2D eigenvalue weighted by Gasteiger charge is 2.18. The van der Waals surface area contributed by atoms with Crippen molar-refractivity contribution < 1.29 is 24.5 Å². The van der Waals surface area contributed by atoms with Gasteiger partial charge in [0.1, 0.15) is 0 Å². The van der Waals surface area contributed by atoms with Crippen LogP contribution < -0.4 is 5.32 Å². The van der Waals surface area contributed by atoms with Gasteiger partial charge in [-0.1, -0.05) is 385 Å². The summed E-state index contributed by atoms with van der Waals surface area (Å²) in [7, 11) is 0. The van der Waals surface area contributed by atoms with E-state index >= 15 is 0 Å². The molecule has 0 aromatic carbocycles. The van der Waals surface area contributed by atoms with Crippen molar-refractivity contribution in [2.75, 3.05) is 13.2 Å². The van der Waals surface area contributed by atoms with E-state index < -0.39 is 12.1 Å². The lowest BCUT2D eigenvalue weighted by molar-refractivity contribution is -0.143. The van der Waals surface area contributed by atoms with Gasteiger partial charge in [-0.05, 0) is 57.8 Å². The minimum Gasteiger partial charge on any atom is -0.466 e. The highest BCUT2D eigenvalue weighted by molar-refractivity contribution is 5.76. The molecule has 0 aromatic rings. The predicted octanol–water partition coefficient (Wildman–Crippen LogP) is 24.9. The zero-order chi connectivity index (χ0) is 59.9. The molecule has 6 heteroatoms. The minimum absolute atomic E-state index is 0.0217. The maximum Gasteiger partial charge on any atom is 0.305 e. The second kappa shape index (κ2) is 72.8. The average Bonchev–Trinajstić information content (AvgIpc) is 3.49. The second-order valence-electron chi connectivity index (χ2n) is 26.3. The van der Waals surface area contributed by atoms with E-state index in [2.05, 4.69) is 31.3 Å². The van der Waals surface area contributed by atoms with Crippen molar-refractivity contribution in [3.8, 4) is 0 Å². The van der Waals surface area contributed by atoms with Crippen LogP contribution >= 0.6 is 0 Å². The zero-order valence-corrected chi connectivity index (χ0v) is 56.5. The van der Waals surface area contributed by atoms with Crippen LogP contribution in [0.1, 0.15) is 431 Å². The summed E-state index contributed by atoms with van der Waals surface area (Å²) in [5, 5.41) is 23.2. The number of amides is 1. The smallest absolute Gasteiger partial charge is 0.305 e. The number of carbonyl (C=O) groups excluding carboxylic acids is 2. The Hall–Kier alpha value is -1.66. The number of nitrogens with one attached hydrogen (secondary N) is 1. The first-order valence-electron chi connectivity index (χ1n) is 38.1. The van der Waals surface area contributed by atoms with Crippen molar-refractivity contribution in [3.05, 3.63) is 24.3 Å². The Kier molecular flexibility index (Phi) is 71.4. The molecule has 6 nitrogen and oxygen atoms in total. The number of hydrogen-bond donors (Lipinski definition) is 3. The van der Waals surface area contributed by atoms with Gasteiger partial charge in [-0.3, -0.25) is 9.59 Å². The molecule has 0 aliphatic rings. The number of aliphatic hydroxyl groups excluding tert-OH is 2. The Morgan fingerprint density at radius 3 is 0.855 bits per heavy atom. The second-order valence-corrected chi connectivity index (χ2v) is 26.3. The number of unbranched alkanes of at least 4 members (excludes halogenated alkanes) is 59. The van der Waals surface area contributed by atoms with E-state index in [9.17, 15) is 19.8 Å². The molecule has 0 aliphatic carbocycles. The van der Waals surface area contributed by atoms with Gasteiger partial charge >= 0.3 is 5.97 Å². The zero-order valence-electron chi connectivity index (χ0n) is 56.5. The maximum atomic E-state index is 12.5. The number of hydrogen-bond acceptors (Lipinski definition) is 5. The highest BCUT2D eigenvalue weighted by atomic mass is 16.5. The van der Waals surface area contributed by atoms with Gasteiger partial charge < -0.3 is 20.3 Å². The Morgan fingerprint density at radius 1 is 0.325 bits per heavy atom. The molecule has 3 N–H and O–H groups in total. The van der Waals surface area contributed by atoms with E-state index in [-0.39, 0.29) is 18.5 Å². The quantitative estimate of drug-likeness (QED) is 0.0320. The van der Waals surface area contributed by atoms with E-state index in [0.717, 1.165) is 38.5 Å². The molecule has 0 fully saturated rings. The molecular formula is C77H149NO5. The summed E-state index contributed by atoms with van der Waals surface area (Å²) in [4.78, 5) is 24.6. The highest BCUT2D eigenvalue weighted by Crippen LogP contribution is 2.19. The van der Waals surface area contributed by atoms with Crippen LogP contribution in [0.15, 0.2) is 24.3 Å². The van der Waals surface area contributed by atoms with Crippen LogP contribution in [0, 0.1) is 0 Å². The molecule has 0 saturated heterocycles. The van der Waals surface area contributed by atoms with Gasteiger partial charge in [0.25, 0.3) is 0 Å². The molecular weight excluding hydrogens is 1020 g/mol. The summed E-state index contributed by atoms with van der Waals surface area (Å²) in [5.41, 5.74) is 0. The van der Waals surface area contributed by atoms with Crippen LogP contribution in [-0.4, -0.2) is 47.4 Å². The van der Waals surface area contributed by atoms with Gasteiger partial charge in [0.15, 0.2) is 0 Å². The van der Waals surface area contributed by atoms with E-state index in [1.807, 2.05) is 6.08 Å². The van der Waals surface area contributed by atoms with Crippen LogP contribution in [0.25, 0.3) is 0 Å². The summed E-state index contributed by atoms with van der Waals surface area (Å²) < 4.78 is 5.51. The van der Waals surface area contributed by atoms with Crippen molar-refractivity contribution in [1.29, 1.82) is 0 Å². The Morgan fingerprint density at radius 2 is 0.566 bits per heavy atom. The van der Waals surface area contributed by atoms with Gasteiger partial charge in [-0.15, -0.1) is 0 Å². The molecule has 0 aromatic heterocycles. The molecule has 2 atom stereocenters. The Balaban J connectivity index is 3.37. The fourth-order valence-electron chi connectivity index (χ4n) is 12.2. The van der Waals surface area contributed by atoms with Gasteiger partial charge in [0.2, 0.25) is 5.91 Å². The largest absolute Gasteiger partial charge is 0.466 e. The average molecular weight is 1170 g/mol. The first-order chi connectivity index (χ1) is 41.0. The molecule has 0 saturated carbocycles. The summed E-state index contributed by atoms with van der Waals surface area (Å²) in [6.45, 7) is 4.96. The topological polar surface area (TPSA) is 95.9 Å². The lowest BCUT2D eigenvalue weighted by Gasteiger charge is -2.20. The predicted molar refractivity (Wildman–Crippen MR) is 366 cm³/mol. The van der Waals surface area contributed by atoms with Crippen LogP contribution in [0.5, 0.6) is 0 Å². The normalized spacial score (nSPS) is 12.6. The molecule has 0 rings (SSSR count). The minimum atomic E-state index is -0.844. The number of esters is 1. The molecule has 83 heavy (non-hydrogen) atoms. The fraction of sp³-hybridized carbons (Fsp3) is 0.922. The monoisotopic (exact) mass is 1170 g/mol. The van der Waals surface area contributed by atoms with Crippen LogP contribution in [0.2, 0.25) is 0 Å². The maximum absolute atomic E-state index is 12.5. The Bertz CT molecular complexity index is 1300. The third-order valence-corrected chi connectivity index (χ3v) is 18.0. The van der Waals surface area contributed by atoms with Gasteiger partial charge in [-0.25, -0.2) is 0 Å². The third kappa shape index (κ3) is 69.3. The number of aliphatic hydroxyl groups is 2. The van der Waals surface area contributed by atoms with Crippen molar-refractivity contribution in [1.82, 2.24) is 5.32 Å². The third-order valence-electron chi connectivity index (χ3n) is 18.0. The first kappa shape index (κ1) is 81.3. The standard InChI is InChI=1S/C77H149NO5/c1-3-5-7-9-11-13-15-17-19-21-34-38-41-45-49-53-57-61-65-69-75(80)74(73-79)78-76(81)70-66-62-58-54-50-46-42-39-35-32-30-28-26-24-22-23-25-27-29-31-33-36-40-44-48-52-56-60-64-68-72-83-77(82)71-67-63-59-55-51-47-43-37-20-18-16-14-12-10-8-6-4-2/h23,25,65,69,74-75,79-80H,3-22,24,26-64,66-68,70-73H2,1-2H3,(H,78,81)/b25-23-,69-65+. The number of carbonyl (C=O) groups is 2. The van der Waals surface area contributed by atoms with E-state index in [1.54, 1.807) is 6.08 Å². The molecule has 1 amide bonds. The molecule has 0 spiro atoms. The first-order valence-corrected chi connectivity index (χ1v) is 38.1. The lowest BCUT2D eigenvalue weighted by atomic mass is 10.0. The van der Waals surface area contributed by atoms with Crippen molar-refractivity contribution >= 4 is 11.9 Å². The lowest BCUT2D eigenvalue weighted by Crippen LogP contribution is -2.45. The summed E-state index contributed by atoms with van der Waals surface area (Å²) in [6, 6.07) is -0.627.